The maximum atomic E-state index is 13.3. The smallest absolute Gasteiger partial charge is 0.262 e. The third-order valence-electron chi connectivity index (χ3n) is 9.91. The predicted octanol–water partition coefficient (Wildman–Crippen LogP) is 5.48. The first-order valence-corrected chi connectivity index (χ1v) is 18.1. The highest BCUT2D eigenvalue weighted by Gasteiger charge is 2.27. The molecule has 13 heteroatoms. The monoisotopic (exact) mass is 739 g/mol. The van der Waals surface area contributed by atoms with E-state index in [1.807, 2.05) is 67.7 Å². The number of methoxy groups -OCH3 is 1. The molecule has 2 aromatic carbocycles. The number of fused-ring (bicyclic) bond motifs is 1. The third kappa shape index (κ3) is 7.27. The molecule has 52 heavy (non-hydrogen) atoms. The van der Waals surface area contributed by atoms with Crippen molar-refractivity contribution in [3.63, 3.8) is 0 Å². The summed E-state index contributed by atoms with van der Waals surface area (Å²) >= 11 is 14.2. The molecule has 0 aliphatic carbocycles. The number of benzene rings is 2. The minimum atomic E-state index is -0.156. The molecule has 3 aromatic heterocycles. The number of hydrogen-bond acceptors (Lipinski definition) is 8. The summed E-state index contributed by atoms with van der Waals surface area (Å²) in [6.07, 6.45) is 6.08. The van der Waals surface area contributed by atoms with Gasteiger partial charge in [0.2, 0.25) is 17.7 Å². The number of amides is 2. The van der Waals surface area contributed by atoms with E-state index in [9.17, 15) is 14.4 Å². The Kier molecular flexibility index (Phi) is 10.6. The fourth-order valence-electron chi connectivity index (χ4n) is 6.92. The largest absolute Gasteiger partial charge is 0.481 e. The maximum Gasteiger partial charge on any atom is 0.262 e. The van der Waals surface area contributed by atoms with Crippen molar-refractivity contribution in [2.75, 3.05) is 27.2 Å². The van der Waals surface area contributed by atoms with Crippen LogP contribution in [-0.4, -0.2) is 70.4 Å². The minimum Gasteiger partial charge on any atom is -0.481 e. The summed E-state index contributed by atoms with van der Waals surface area (Å²) in [5, 5.41) is 10.7. The molecule has 0 spiro atoms. The van der Waals surface area contributed by atoms with E-state index < -0.39 is 0 Å². The van der Waals surface area contributed by atoms with Crippen molar-refractivity contribution >= 4 is 40.7 Å². The number of likely N-dealkylation sites (tertiary alicyclic amines) is 1. The summed E-state index contributed by atoms with van der Waals surface area (Å²) < 4.78 is 7.18. The van der Waals surface area contributed by atoms with Gasteiger partial charge in [-0.2, -0.15) is 0 Å². The van der Waals surface area contributed by atoms with Crippen LogP contribution in [0.1, 0.15) is 36.8 Å². The van der Waals surface area contributed by atoms with Gasteiger partial charge >= 0.3 is 0 Å². The molecule has 5 aromatic rings. The summed E-state index contributed by atoms with van der Waals surface area (Å²) in [6, 6.07) is 19.4. The molecule has 7 rings (SSSR count). The first kappa shape index (κ1) is 35.6. The molecule has 2 saturated heterocycles. The van der Waals surface area contributed by atoms with Gasteiger partial charge in [0.25, 0.3) is 5.56 Å². The van der Waals surface area contributed by atoms with Gasteiger partial charge in [-0.3, -0.25) is 18.8 Å². The Morgan fingerprint density at radius 2 is 1.58 bits per heavy atom. The summed E-state index contributed by atoms with van der Waals surface area (Å²) in [5.41, 5.74) is 6.24. The zero-order valence-electron chi connectivity index (χ0n) is 28.9. The van der Waals surface area contributed by atoms with Crippen LogP contribution in [0, 0.1) is 0 Å². The van der Waals surface area contributed by atoms with Crippen molar-refractivity contribution in [2.24, 2.45) is 0 Å². The van der Waals surface area contributed by atoms with Crippen molar-refractivity contribution in [3.8, 4) is 39.4 Å². The number of nitrogens with zero attached hydrogens (tertiary/aromatic N) is 4. The van der Waals surface area contributed by atoms with Crippen LogP contribution < -0.4 is 26.2 Å². The average Bonchev–Trinajstić information content (AvgIpc) is 3.72. The summed E-state index contributed by atoms with van der Waals surface area (Å²) in [6.45, 7) is 2.18. The fourth-order valence-corrected chi connectivity index (χ4v) is 7.58. The molecular weight excluding hydrogens is 701 g/mol. The lowest BCUT2D eigenvalue weighted by Crippen LogP contribution is -2.37. The molecule has 2 fully saturated rings. The number of pyridine rings is 2. The summed E-state index contributed by atoms with van der Waals surface area (Å²) in [7, 11) is 3.41. The SMILES string of the molecule is COc1nc(-c2cccc(-c3cccc(-c4ccn5c(=O)c(CNC[C@@H]6CCC(=O)N6C)cnc5c4)c3Cl)c2Cl)ccc1CNCC1CCC(=O)N1. The van der Waals surface area contributed by atoms with Crippen molar-refractivity contribution in [1.82, 2.24) is 35.2 Å². The number of likely N-dealkylation sites (N-methyl/N-ethyl adjacent to an activating group) is 1. The number of carbonyl (C=O) groups excluding carboxylic acids is 2. The zero-order valence-corrected chi connectivity index (χ0v) is 30.4. The molecule has 11 nitrogen and oxygen atoms in total. The molecule has 3 N–H and O–H groups in total. The van der Waals surface area contributed by atoms with E-state index in [1.165, 1.54) is 4.40 Å². The number of aromatic nitrogens is 3. The van der Waals surface area contributed by atoms with Crippen LogP contribution in [0.5, 0.6) is 5.88 Å². The highest BCUT2D eigenvalue weighted by atomic mass is 35.5. The van der Waals surface area contributed by atoms with Gasteiger partial charge in [0.15, 0.2) is 0 Å². The minimum absolute atomic E-state index is 0.0922. The quantitative estimate of drug-likeness (QED) is 0.153. The lowest BCUT2D eigenvalue weighted by Gasteiger charge is -2.20. The van der Waals surface area contributed by atoms with Gasteiger partial charge in [-0.15, -0.1) is 0 Å². The van der Waals surface area contributed by atoms with Gasteiger partial charge in [-0.05, 0) is 36.6 Å². The first-order valence-electron chi connectivity index (χ1n) is 17.3. The lowest BCUT2D eigenvalue weighted by molar-refractivity contribution is -0.127. The van der Waals surface area contributed by atoms with E-state index in [0.29, 0.717) is 71.9 Å². The number of hydrogen-bond donors (Lipinski definition) is 3. The Balaban J connectivity index is 1.10. The van der Waals surface area contributed by atoms with Crippen LogP contribution in [-0.2, 0) is 22.7 Å². The molecule has 0 radical (unpaired) electrons. The van der Waals surface area contributed by atoms with Crippen molar-refractivity contribution in [3.05, 3.63) is 105 Å². The van der Waals surface area contributed by atoms with Gasteiger partial charge in [0.05, 0.1) is 22.8 Å². The molecule has 268 valence electrons. The summed E-state index contributed by atoms with van der Waals surface area (Å²) in [5.74, 6) is 0.731. The van der Waals surface area contributed by atoms with Gasteiger partial charge in [-0.25, -0.2) is 9.97 Å². The van der Waals surface area contributed by atoms with Crippen molar-refractivity contribution in [1.29, 1.82) is 0 Å². The number of rotatable bonds is 12. The summed E-state index contributed by atoms with van der Waals surface area (Å²) in [4.78, 5) is 47.8. The second-order valence-corrected chi connectivity index (χ2v) is 13.9. The molecule has 2 amide bonds. The maximum absolute atomic E-state index is 13.3. The van der Waals surface area contributed by atoms with Crippen molar-refractivity contribution in [2.45, 2.75) is 50.9 Å². The number of halogens is 2. The van der Waals surface area contributed by atoms with Crippen molar-refractivity contribution < 1.29 is 14.3 Å². The molecule has 0 bridgehead atoms. The van der Waals surface area contributed by atoms with E-state index in [0.717, 1.165) is 46.2 Å². The molecule has 1 unspecified atom stereocenters. The highest BCUT2D eigenvalue weighted by Crippen LogP contribution is 2.42. The first-order chi connectivity index (χ1) is 25.2. The highest BCUT2D eigenvalue weighted by molar-refractivity contribution is 6.39. The van der Waals surface area contributed by atoms with E-state index in [4.69, 9.17) is 32.9 Å². The zero-order chi connectivity index (χ0) is 36.4. The van der Waals surface area contributed by atoms with E-state index in [2.05, 4.69) is 20.9 Å². The van der Waals surface area contributed by atoms with E-state index >= 15 is 0 Å². The second kappa shape index (κ2) is 15.4. The van der Waals surface area contributed by atoms with Crippen LogP contribution in [0.15, 0.2) is 77.9 Å². The number of nitrogens with one attached hydrogen (secondary N) is 3. The Hall–Kier alpha value is -4.81. The second-order valence-electron chi connectivity index (χ2n) is 13.2. The van der Waals surface area contributed by atoms with Crippen LogP contribution in [0.3, 0.4) is 0 Å². The Bertz CT molecular complexity index is 2230. The fraction of sp³-hybridized carbons (Fsp3) is 0.308. The lowest BCUT2D eigenvalue weighted by atomic mass is 9.97. The average molecular weight is 741 g/mol. The molecular formula is C39H39Cl2N7O4. The Morgan fingerprint density at radius 3 is 2.29 bits per heavy atom. The van der Waals surface area contributed by atoms with Gasteiger partial charge in [-0.1, -0.05) is 65.7 Å². The molecule has 0 saturated carbocycles. The standard InChI is InChI=1S/C39H39Cl2N7O4/c1-47-27(11-14-35(47)50)22-43-19-25-20-44-33-17-23(15-16-48(33)39(25)51)28-5-3-6-29(36(28)40)30-7-4-8-31(37(30)41)32-12-9-24(38(46-32)52-2)18-42-21-26-10-13-34(49)45-26/h3-9,12,15-17,20,26-27,42-43H,10-11,13-14,18-19,21-22H2,1-2H3,(H,45,49)/t26?,27-/m0/s1. The number of ether oxygens (including phenoxy) is 1. The number of carbonyl (C=O) groups is 2. The van der Waals surface area contributed by atoms with Crippen LogP contribution in [0.2, 0.25) is 10.0 Å². The van der Waals surface area contributed by atoms with Gasteiger partial charge in [0, 0.05) is 104 Å². The Labute approximate surface area is 311 Å². The molecule has 2 aliphatic rings. The topological polar surface area (TPSA) is 130 Å². The normalized spacial score (nSPS) is 17.3. The molecule has 2 aliphatic heterocycles. The predicted molar refractivity (Wildman–Crippen MR) is 203 cm³/mol. The Morgan fingerprint density at radius 1 is 0.865 bits per heavy atom. The van der Waals surface area contributed by atoms with Crippen LogP contribution in [0.4, 0.5) is 0 Å². The van der Waals surface area contributed by atoms with E-state index in [1.54, 1.807) is 24.4 Å². The van der Waals surface area contributed by atoms with E-state index in [-0.39, 0.29) is 29.5 Å². The third-order valence-corrected chi connectivity index (χ3v) is 10.7. The molecule has 2 atom stereocenters. The van der Waals surface area contributed by atoms with Gasteiger partial charge < -0.3 is 25.6 Å². The van der Waals surface area contributed by atoms with Crippen LogP contribution in [0.25, 0.3) is 39.2 Å². The van der Waals surface area contributed by atoms with Gasteiger partial charge in [0.1, 0.15) is 5.65 Å². The van der Waals surface area contributed by atoms with Crippen LogP contribution >= 0.6 is 23.2 Å². The molecule has 5 heterocycles.